The van der Waals surface area contributed by atoms with Gasteiger partial charge in [-0.1, -0.05) is 121 Å². The highest BCUT2D eigenvalue weighted by Gasteiger charge is 2.17. The van der Waals surface area contributed by atoms with E-state index in [1.165, 1.54) is 32.6 Å². The second-order valence-electron chi connectivity index (χ2n) is 12.9. The smallest absolute Gasteiger partial charge is 0.161 e. The van der Waals surface area contributed by atoms with Crippen LogP contribution in [0.3, 0.4) is 0 Å². The summed E-state index contributed by atoms with van der Waals surface area (Å²) in [4.78, 5) is 14.8. The van der Waals surface area contributed by atoms with Gasteiger partial charge in [-0.2, -0.15) is 0 Å². The Kier molecular flexibility index (Phi) is 6.78. The molecule has 0 unspecified atom stereocenters. The van der Waals surface area contributed by atoms with Crippen molar-refractivity contribution in [1.29, 1.82) is 0 Å². The molecule has 0 saturated heterocycles. The van der Waals surface area contributed by atoms with Gasteiger partial charge >= 0.3 is 0 Å². The summed E-state index contributed by atoms with van der Waals surface area (Å²) in [5.74, 6) is 0.709. The molecular weight excluding hydrogens is 621 g/mol. The van der Waals surface area contributed by atoms with E-state index < -0.39 is 0 Å². The van der Waals surface area contributed by atoms with Crippen LogP contribution in [0.5, 0.6) is 0 Å². The Balaban J connectivity index is 1.16. The van der Waals surface area contributed by atoms with Gasteiger partial charge in [0.25, 0.3) is 0 Å². The quantitative estimate of drug-likeness (QED) is 0.174. The fourth-order valence-electron chi connectivity index (χ4n) is 7.47. The van der Waals surface area contributed by atoms with E-state index in [9.17, 15) is 0 Å². The Bertz CT molecular complexity index is 2780. The van der Waals surface area contributed by atoms with Crippen LogP contribution >= 0.6 is 0 Å². The summed E-state index contributed by atoms with van der Waals surface area (Å²) in [6, 6.07) is 60.1. The Morgan fingerprint density at radius 2 is 0.824 bits per heavy atom. The molecule has 238 valence electrons. The number of fused-ring (bicyclic) bond motifs is 5. The molecule has 51 heavy (non-hydrogen) atoms. The molecule has 0 aliphatic heterocycles. The van der Waals surface area contributed by atoms with Gasteiger partial charge < -0.3 is 4.57 Å². The van der Waals surface area contributed by atoms with E-state index >= 15 is 0 Å². The maximum atomic E-state index is 5.33. The van der Waals surface area contributed by atoms with Crippen molar-refractivity contribution in [2.45, 2.75) is 0 Å². The lowest BCUT2D eigenvalue weighted by Crippen LogP contribution is -1.98. The maximum Gasteiger partial charge on any atom is 0.161 e. The first kappa shape index (κ1) is 29.0. The molecule has 4 nitrogen and oxygen atoms in total. The summed E-state index contributed by atoms with van der Waals surface area (Å²) in [7, 11) is 0. The molecule has 3 heterocycles. The molecule has 0 spiro atoms. The predicted octanol–water partition coefficient (Wildman–Crippen LogP) is 11.9. The number of para-hydroxylation sites is 2. The van der Waals surface area contributed by atoms with Crippen molar-refractivity contribution in [2.75, 3.05) is 0 Å². The number of benzene rings is 7. The number of hydrogen-bond acceptors (Lipinski definition) is 3. The lowest BCUT2D eigenvalue weighted by Gasteiger charge is -2.14. The van der Waals surface area contributed by atoms with Gasteiger partial charge in [-0.15, -0.1) is 0 Å². The van der Waals surface area contributed by atoms with E-state index in [-0.39, 0.29) is 0 Å². The van der Waals surface area contributed by atoms with Gasteiger partial charge in [0.15, 0.2) is 5.82 Å². The minimum absolute atomic E-state index is 0.709. The summed E-state index contributed by atoms with van der Waals surface area (Å²) in [5.41, 5.74) is 10.6. The molecule has 0 N–H and O–H groups in total. The van der Waals surface area contributed by atoms with Crippen LogP contribution in [-0.2, 0) is 0 Å². The Labute approximate surface area is 295 Å². The highest BCUT2D eigenvalue weighted by atomic mass is 15.0. The van der Waals surface area contributed by atoms with Gasteiger partial charge in [-0.25, -0.2) is 9.97 Å². The molecule has 0 radical (unpaired) electrons. The van der Waals surface area contributed by atoms with Crippen LogP contribution in [0.1, 0.15) is 0 Å². The van der Waals surface area contributed by atoms with E-state index in [0.717, 1.165) is 55.7 Å². The normalized spacial score (nSPS) is 11.5. The minimum atomic E-state index is 0.709. The molecule has 7 aromatic carbocycles. The lowest BCUT2D eigenvalue weighted by atomic mass is 9.95. The second-order valence-corrected chi connectivity index (χ2v) is 12.9. The standard InChI is InChI=1S/C47H30N4/c1-3-11-38-35(9-1)29-36-10-2-4-12-39(36)46(38)47-49-42(33-19-17-31(18-20-33)32-25-27-48-28-26-32)30-43(50-47)34-21-23-37(24-22-34)51-44-15-7-5-13-40(44)41-14-6-8-16-45(41)51/h1-30H. The molecular formula is C47H30N4. The Morgan fingerprint density at radius 3 is 1.39 bits per heavy atom. The average Bonchev–Trinajstić information content (AvgIpc) is 3.54. The summed E-state index contributed by atoms with van der Waals surface area (Å²) in [6.45, 7) is 0. The fraction of sp³-hybridized carbons (Fsp3) is 0. The Hall–Kier alpha value is -6.91. The zero-order valence-corrected chi connectivity index (χ0v) is 27.6. The molecule has 0 aliphatic rings. The highest BCUT2D eigenvalue weighted by molar-refractivity contribution is 6.12. The molecule has 0 bridgehead atoms. The minimum Gasteiger partial charge on any atom is -0.309 e. The number of pyridine rings is 1. The SMILES string of the molecule is c1ccc2c(-c3nc(-c4ccc(-c5ccncc5)cc4)cc(-c4ccc(-n5c6ccccc6c6ccccc65)cc4)n3)c3ccccc3cc2c1. The van der Waals surface area contributed by atoms with Crippen LogP contribution in [0.4, 0.5) is 0 Å². The van der Waals surface area contributed by atoms with Gasteiger partial charge in [-0.3, -0.25) is 4.98 Å². The fourth-order valence-corrected chi connectivity index (χ4v) is 7.47. The van der Waals surface area contributed by atoms with Crippen LogP contribution in [0.25, 0.3) is 94.1 Å². The molecule has 3 aromatic heterocycles. The topological polar surface area (TPSA) is 43.6 Å². The third-order valence-corrected chi connectivity index (χ3v) is 9.92. The molecule has 0 amide bonds. The number of hydrogen-bond donors (Lipinski definition) is 0. The average molecular weight is 651 g/mol. The zero-order chi connectivity index (χ0) is 33.7. The molecule has 10 aromatic rings. The van der Waals surface area contributed by atoms with Crippen molar-refractivity contribution >= 4 is 43.4 Å². The van der Waals surface area contributed by atoms with Crippen LogP contribution in [0.2, 0.25) is 0 Å². The van der Waals surface area contributed by atoms with E-state index in [1.54, 1.807) is 0 Å². The summed E-state index contributed by atoms with van der Waals surface area (Å²) >= 11 is 0. The maximum absolute atomic E-state index is 5.33. The van der Waals surface area contributed by atoms with Crippen molar-refractivity contribution in [3.05, 3.63) is 182 Å². The van der Waals surface area contributed by atoms with Crippen molar-refractivity contribution in [2.24, 2.45) is 0 Å². The largest absolute Gasteiger partial charge is 0.309 e. The first-order valence-electron chi connectivity index (χ1n) is 17.2. The van der Waals surface area contributed by atoms with Gasteiger partial charge in [0, 0.05) is 45.5 Å². The molecule has 10 rings (SSSR count). The molecule has 4 heteroatoms. The van der Waals surface area contributed by atoms with Crippen LogP contribution in [-0.4, -0.2) is 19.5 Å². The molecule has 0 saturated carbocycles. The van der Waals surface area contributed by atoms with Gasteiger partial charge in [0.05, 0.1) is 22.4 Å². The van der Waals surface area contributed by atoms with Crippen molar-refractivity contribution < 1.29 is 0 Å². The predicted molar refractivity (Wildman–Crippen MR) is 211 cm³/mol. The van der Waals surface area contributed by atoms with Gasteiger partial charge in [-0.05, 0) is 81.2 Å². The summed E-state index contributed by atoms with van der Waals surface area (Å²) in [6.07, 6.45) is 3.65. The monoisotopic (exact) mass is 650 g/mol. The number of aromatic nitrogens is 4. The van der Waals surface area contributed by atoms with Gasteiger partial charge in [0.1, 0.15) is 0 Å². The first-order chi connectivity index (χ1) is 25.3. The zero-order valence-electron chi connectivity index (χ0n) is 27.6. The molecule has 0 fully saturated rings. The number of nitrogens with zero attached hydrogens (tertiary/aromatic N) is 4. The molecule has 0 aliphatic carbocycles. The van der Waals surface area contributed by atoms with E-state index in [2.05, 4.69) is 167 Å². The van der Waals surface area contributed by atoms with Crippen molar-refractivity contribution in [1.82, 2.24) is 19.5 Å². The molecule has 0 atom stereocenters. The van der Waals surface area contributed by atoms with Crippen molar-refractivity contribution in [3.8, 4) is 50.7 Å². The van der Waals surface area contributed by atoms with Crippen LogP contribution in [0, 0.1) is 0 Å². The second kappa shape index (κ2) is 11.9. The van der Waals surface area contributed by atoms with Crippen LogP contribution in [0.15, 0.2) is 182 Å². The third kappa shape index (κ3) is 4.96. The first-order valence-corrected chi connectivity index (χ1v) is 17.2. The summed E-state index contributed by atoms with van der Waals surface area (Å²) in [5, 5.41) is 7.10. The Morgan fingerprint density at radius 1 is 0.373 bits per heavy atom. The van der Waals surface area contributed by atoms with E-state index in [0.29, 0.717) is 5.82 Å². The van der Waals surface area contributed by atoms with Gasteiger partial charge in [0.2, 0.25) is 0 Å². The van der Waals surface area contributed by atoms with Crippen molar-refractivity contribution in [3.63, 3.8) is 0 Å². The summed E-state index contributed by atoms with van der Waals surface area (Å²) < 4.78 is 2.35. The third-order valence-electron chi connectivity index (χ3n) is 9.92. The van der Waals surface area contributed by atoms with E-state index in [4.69, 9.17) is 9.97 Å². The van der Waals surface area contributed by atoms with Crippen LogP contribution < -0.4 is 0 Å². The number of rotatable bonds is 5. The highest BCUT2D eigenvalue weighted by Crippen LogP contribution is 2.38. The van der Waals surface area contributed by atoms with E-state index in [1.807, 2.05) is 24.5 Å². The lowest BCUT2D eigenvalue weighted by molar-refractivity contribution is 1.17.